The van der Waals surface area contributed by atoms with Crippen molar-refractivity contribution in [3.63, 3.8) is 0 Å². The summed E-state index contributed by atoms with van der Waals surface area (Å²) < 4.78 is 11.2. The van der Waals surface area contributed by atoms with Crippen molar-refractivity contribution in [3.8, 4) is 11.5 Å². The number of rotatable bonds is 5. The largest absolute Gasteiger partial charge is 0.490 e. The van der Waals surface area contributed by atoms with E-state index in [9.17, 15) is 9.59 Å². The molecule has 1 N–H and O–H groups in total. The molecule has 1 fully saturated rings. The third-order valence-electron chi connectivity index (χ3n) is 4.08. The van der Waals surface area contributed by atoms with Crippen molar-refractivity contribution >= 4 is 17.6 Å². The van der Waals surface area contributed by atoms with Gasteiger partial charge >= 0.3 is 5.97 Å². The van der Waals surface area contributed by atoms with E-state index in [-0.39, 0.29) is 5.91 Å². The number of benzene rings is 2. The molecule has 5 heteroatoms. The number of ether oxygens (including phenoxy) is 2. The second kappa shape index (κ2) is 7.83. The highest BCUT2D eigenvalue weighted by atomic mass is 16.5. The Kier molecular flexibility index (Phi) is 5.33. The van der Waals surface area contributed by atoms with Crippen LogP contribution in [-0.2, 0) is 4.79 Å². The first kappa shape index (κ1) is 17.0. The predicted octanol–water partition coefficient (Wildman–Crippen LogP) is 4.19. The molecular weight excluding hydrogens is 318 g/mol. The second-order valence-electron chi connectivity index (χ2n) is 6.14. The molecule has 2 aromatic carbocycles. The summed E-state index contributed by atoms with van der Waals surface area (Å²) in [5, 5.41) is 2.66. The predicted molar refractivity (Wildman–Crippen MR) is 95.0 cm³/mol. The Labute approximate surface area is 147 Å². The van der Waals surface area contributed by atoms with E-state index in [0.717, 1.165) is 18.6 Å². The maximum atomic E-state index is 12.2. The fourth-order valence-corrected chi connectivity index (χ4v) is 2.84. The molecule has 2 aromatic rings. The summed E-state index contributed by atoms with van der Waals surface area (Å²) >= 11 is 0. The van der Waals surface area contributed by atoms with Crippen molar-refractivity contribution in [2.45, 2.75) is 38.7 Å². The summed E-state index contributed by atoms with van der Waals surface area (Å²) in [7, 11) is 0. The van der Waals surface area contributed by atoms with Gasteiger partial charge in [0.1, 0.15) is 11.5 Å². The third-order valence-corrected chi connectivity index (χ3v) is 4.08. The molecule has 1 aliphatic carbocycles. The van der Waals surface area contributed by atoms with Gasteiger partial charge in [0.2, 0.25) is 5.91 Å². The van der Waals surface area contributed by atoms with Crippen LogP contribution in [0.5, 0.6) is 11.5 Å². The minimum absolute atomic E-state index is 0.148. The molecule has 0 unspecified atom stereocenters. The molecule has 25 heavy (non-hydrogen) atoms. The third kappa shape index (κ3) is 4.83. The van der Waals surface area contributed by atoms with Crippen LogP contribution in [-0.4, -0.2) is 18.0 Å². The number of hydrogen-bond donors (Lipinski definition) is 1. The number of carbonyl (C=O) groups excluding carboxylic acids is 2. The van der Waals surface area contributed by atoms with E-state index in [4.69, 9.17) is 9.47 Å². The average molecular weight is 339 g/mol. The van der Waals surface area contributed by atoms with Gasteiger partial charge < -0.3 is 14.8 Å². The Morgan fingerprint density at radius 1 is 0.920 bits per heavy atom. The van der Waals surface area contributed by atoms with E-state index in [2.05, 4.69) is 5.32 Å². The fourth-order valence-electron chi connectivity index (χ4n) is 2.84. The van der Waals surface area contributed by atoms with E-state index < -0.39 is 5.97 Å². The number of amides is 1. The first-order chi connectivity index (χ1) is 12.1. The number of esters is 1. The normalized spacial score (nSPS) is 14.1. The van der Waals surface area contributed by atoms with Crippen LogP contribution in [0.15, 0.2) is 48.5 Å². The Morgan fingerprint density at radius 3 is 2.12 bits per heavy atom. The fraction of sp³-hybridized carbons (Fsp3) is 0.300. The summed E-state index contributed by atoms with van der Waals surface area (Å²) in [6.45, 7) is 1.44. The molecule has 5 nitrogen and oxygen atoms in total. The first-order valence-corrected chi connectivity index (χ1v) is 8.47. The lowest BCUT2D eigenvalue weighted by Crippen LogP contribution is -2.12. The van der Waals surface area contributed by atoms with Crippen molar-refractivity contribution in [1.29, 1.82) is 0 Å². The number of carbonyl (C=O) groups is 2. The average Bonchev–Trinajstić information content (AvgIpc) is 3.10. The molecule has 3 rings (SSSR count). The molecular formula is C20H21NO4. The summed E-state index contributed by atoms with van der Waals surface area (Å²) in [6.07, 6.45) is 4.92. The highest BCUT2D eigenvalue weighted by Crippen LogP contribution is 2.24. The van der Waals surface area contributed by atoms with Gasteiger partial charge in [-0.25, -0.2) is 4.79 Å². The highest BCUT2D eigenvalue weighted by Gasteiger charge is 2.16. The zero-order chi connectivity index (χ0) is 17.6. The van der Waals surface area contributed by atoms with Gasteiger partial charge in [-0.3, -0.25) is 4.79 Å². The lowest BCUT2D eigenvalue weighted by Gasteiger charge is -2.13. The van der Waals surface area contributed by atoms with E-state index in [0.29, 0.717) is 23.1 Å². The molecule has 0 aromatic heterocycles. The topological polar surface area (TPSA) is 64.6 Å². The molecule has 0 bridgehead atoms. The molecule has 0 spiro atoms. The molecule has 1 amide bonds. The Hall–Kier alpha value is -2.82. The zero-order valence-electron chi connectivity index (χ0n) is 14.2. The van der Waals surface area contributed by atoms with E-state index >= 15 is 0 Å². The lowest BCUT2D eigenvalue weighted by atomic mass is 10.2. The van der Waals surface area contributed by atoms with Crippen LogP contribution in [0.25, 0.3) is 0 Å². The molecule has 130 valence electrons. The monoisotopic (exact) mass is 339 g/mol. The van der Waals surface area contributed by atoms with E-state index in [1.807, 2.05) is 0 Å². The summed E-state index contributed by atoms with van der Waals surface area (Å²) in [5.74, 6) is 0.623. The van der Waals surface area contributed by atoms with Gasteiger partial charge in [0.25, 0.3) is 0 Å². The zero-order valence-corrected chi connectivity index (χ0v) is 14.2. The van der Waals surface area contributed by atoms with Crippen molar-refractivity contribution in [2.75, 3.05) is 5.32 Å². The van der Waals surface area contributed by atoms with Crippen LogP contribution in [0.1, 0.15) is 43.0 Å². The maximum Gasteiger partial charge on any atom is 0.343 e. The van der Waals surface area contributed by atoms with Crippen molar-refractivity contribution in [1.82, 2.24) is 0 Å². The molecule has 1 saturated carbocycles. The van der Waals surface area contributed by atoms with Gasteiger partial charge in [0.15, 0.2) is 0 Å². The van der Waals surface area contributed by atoms with Crippen molar-refractivity contribution in [3.05, 3.63) is 54.1 Å². The summed E-state index contributed by atoms with van der Waals surface area (Å²) in [5.41, 5.74) is 1.12. The van der Waals surface area contributed by atoms with Crippen LogP contribution >= 0.6 is 0 Å². The number of anilines is 1. The molecule has 1 aliphatic rings. The Balaban J connectivity index is 1.57. The van der Waals surface area contributed by atoms with Crippen molar-refractivity contribution in [2.24, 2.45) is 0 Å². The number of nitrogens with one attached hydrogen (secondary N) is 1. The minimum Gasteiger partial charge on any atom is -0.490 e. The minimum atomic E-state index is -0.431. The van der Waals surface area contributed by atoms with Crippen LogP contribution in [0.4, 0.5) is 5.69 Å². The molecule has 0 saturated heterocycles. The van der Waals surface area contributed by atoms with Crippen molar-refractivity contribution < 1.29 is 19.1 Å². The first-order valence-electron chi connectivity index (χ1n) is 8.47. The Bertz CT molecular complexity index is 731. The quantitative estimate of drug-likeness (QED) is 0.655. The van der Waals surface area contributed by atoms with Gasteiger partial charge in [0, 0.05) is 12.6 Å². The van der Waals surface area contributed by atoms with Gasteiger partial charge in [-0.15, -0.1) is 0 Å². The van der Waals surface area contributed by atoms with Gasteiger partial charge in [-0.2, -0.15) is 0 Å². The van der Waals surface area contributed by atoms with Gasteiger partial charge in [-0.05, 0) is 74.2 Å². The summed E-state index contributed by atoms with van der Waals surface area (Å²) in [4.78, 5) is 23.2. The molecule has 0 radical (unpaired) electrons. The van der Waals surface area contributed by atoms with Gasteiger partial charge in [-0.1, -0.05) is 0 Å². The second-order valence-corrected chi connectivity index (χ2v) is 6.14. The molecule has 0 atom stereocenters. The van der Waals surface area contributed by atoms with Gasteiger partial charge in [0.05, 0.1) is 11.7 Å². The smallest absolute Gasteiger partial charge is 0.343 e. The van der Waals surface area contributed by atoms with Crippen LogP contribution < -0.4 is 14.8 Å². The molecule has 0 heterocycles. The maximum absolute atomic E-state index is 12.2. The van der Waals surface area contributed by atoms with Crippen LogP contribution in [0, 0.1) is 0 Å². The molecule has 0 aliphatic heterocycles. The Morgan fingerprint density at radius 2 is 1.52 bits per heavy atom. The van der Waals surface area contributed by atoms with E-state index in [1.54, 1.807) is 48.5 Å². The lowest BCUT2D eigenvalue weighted by molar-refractivity contribution is -0.114. The van der Waals surface area contributed by atoms with Crippen LogP contribution in [0.2, 0.25) is 0 Å². The summed E-state index contributed by atoms with van der Waals surface area (Å²) in [6, 6.07) is 13.7. The number of hydrogen-bond acceptors (Lipinski definition) is 4. The standard InChI is InChI=1S/C20H21NO4/c1-14(22)21-16-8-12-19(13-9-16)25-20(23)15-6-10-18(11-7-15)24-17-4-2-3-5-17/h6-13,17H,2-5H2,1H3,(H,21,22). The van der Waals surface area contributed by atoms with Crippen LogP contribution in [0.3, 0.4) is 0 Å². The van der Waals surface area contributed by atoms with E-state index in [1.165, 1.54) is 19.8 Å². The SMILES string of the molecule is CC(=O)Nc1ccc(OC(=O)c2ccc(OC3CCCC3)cc2)cc1. The highest BCUT2D eigenvalue weighted by molar-refractivity contribution is 5.91.